The summed E-state index contributed by atoms with van der Waals surface area (Å²) < 4.78 is 0. The van der Waals surface area contributed by atoms with Gasteiger partial charge in [-0.15, -0.1) is 11.3 Å². The molecule has 0 radical (unpaired) electrons. The third-order valence-corrected chi connectivity index (χ3v) is 3.85. The van der Waals surface area contributed by atoms with Gasteiger partial charge in [-0.2, -0.15) is 0 Å². The van der Waals surface area contributed by atoms with Crippen molar-refractivity contribution in [1.82, 2.24) is 4.90 Å². The number of nitrogens with zero attached hydrogens (tertiary/aromatic N) is 1. The fraction of sp³-hybridized carbons (Fsp3) is 0.467. The molecule has 20 heavy (non-hydrogen) atoms. The predicted octanol–water partition coefficient (Wildman–Crippen LogP) is 3.38. The fourth-order valence-corrected chi connectivity index (χ4v) is 2.68. The van der Waals surface area contributed by atoms with E-state index in [-0.39, 0.29) is 5.91 Å². The summed E-state index contributed by atoms with van der Waals surface area (Å²) in [7, 11) is 1.81. The van der Waals surface area contributed by atoms with Crippen molar-refractivity contribution >= 4 is 29.3 Å². The van der Waals surface area contributed by atoms with Crippen LogP contribution in [-0.4, -0.2) is 28.9 Å². The zero-order valence-corrected chi connectivity index (χ0v) is 12.8. The van der Waals surface area contributed by atoms with Crippen LogP contribution in [0.5, 0.6) is 0 Å². The lowest BCUT2D eigenvalue weighted by Gasteiger charge is -2.15. The Morgan fingerprint density at radius 3 is 2.80 bits per heavy atom. The van der Waals surface area contributed by atoms with Crippen LogP contribution in [0, 0.1) is 0 Å². The van der Waals surface area contributed by atoms with Crippen LogP contribution < -0.4 is 0 Å². The average Bonchev–Trinajstić information content (AvgIpc) is 2.84. The SMILES string of the molecule is CCCCCC(=O)N(C)Cc1cc(C=CC(=O)O)cs1. The van der Waals surface area contributed by atoms with Crippen LogP contribution in [0.3, 0.4) is 0 Å². The molecule has 110 valence electrons. The highest BCUT2D eigenvalue weighted by Gasteiger charge is 2.09. The topological polar surface area (TPSA) is 57.6 Å². The normalized spacial score (nSPS) is 10.9. The highest BCUT2D eigenvalue weighted by molar-refractivity contribution is 7.10. The van der Waals surface area contributed by atoms with Gasteiger partial charge in [-0.1, -0.05) is 19.8 Å². The molecule has 0 spiro atoms. The van der Waals surface area contributed by atoms with Gasteiger partial charge in [0.15, 0.2) is 0 Å². The first kappa shape index (κ1) is 16.4. The maximum Gasteiger partial charge on any atom is 0.328 e. The number of carbonyl (C=O) groups is 2. The van der Waals surface area contributed by atoms with Gasteiger partial charge in [0.05, 0.1) is 6.54 Å². The van der Waals surface area contributed by atoms with Gasteiger partial charge in [0.1, 0.15) is 0 Å². The van der Waals surface area contributed by atoms with Gasteiger partial charge in [0.2, 0.25) is 5.91 Å². The third kappa shape index (κ3) is 6.02. The molecular formula is C15H21NO3S. The second kappa shape index (κ2) is 8.53. The first-order chi connectivity index (χ1) is 9.52. The van der Waals surface area contributed by atoms with Gasteiger partial charge in [0.25, 0.3) is 0 Å². The Labute approximate surface area is 123 Å². The van der Waals surface area contributed by atoms with Gasteiger partial charge in [0, 0.05) is 24.4 Å². The van der Waals surface area contributed by atoms with Crippen LogP contribution in [0.1, 0.15) is 43.0 Å². The summed E-state index contributed by atoms with van der Waals surface area (Å²) in [4.78, 5) is 25.1. The van der Waals surface area contributed by atoms with E-state index in [1.54, 1.807) is 18.0 Å². The van der Waals surface area contributed by atoms with Crippen molar-refractivity contribution in [3.05, 3.63) is 28.0 Å². The molecule has 0 atom stereocenters. The summed E-state index contributed by atoms with van der Waals surface area (Å²) in [5.41, 5.74) is 0.860. The molecule has 4 nitrogen and oxygen atoms in total. The maximum atomic E-state index is 11.9. The smallest absolute Gasteiger partial charge is 0.328 e. The molecule has 0 aliphatic heterocycles. The number of hydrogen-bond donors (Lipinski definition) is 1. The highest BCUT2D eigenvalue weighted by Crippen LogP contribution is 2.18. The Balaban J connectivity index is 2.47. The van der Waals surface area contributed by atoms with Crippen LogP contribution in [-0.2, 0) is 16.1 Å². The number of aliphatic carboxylic acids is 1. The molecule has 0 aromatic carbocycles. The summed E-state index contributed by atoms with van der Waals surface area (Å²) in [5, 5.41) is 10.5. The van der Waals surface area contributed by atoms with Crippen molar-refractivity contribution in [2.24, 2.45) is 0 Å². The Hall–Kier alpha value is -1.62. The number of thiophene rings is 1. The molecule has 1 heterocycles. The third-order valence-electron chi connectivity index (χ3n) is 2.91. The summed E-state index contributed by atoms with van der Waals surface area (Å²) in [6.45, 7) is 2.70. The fourth-order valence-electron chi connectivity index (χ4n) is 1.77. The minimum absolute atomic E-state index is 0.162. The predicted molar refractivity (Wildman–Crippen MR) is 81.6 cm³/mol. The molecule has 0 saturated carbocycles. The van der Waals surface area contributed by atoms with Crippen molar-refractivity contribution in [1.29, 1.82) is 0 Å². The molecule has 0 fully saturated rings. The van der Waals surface area contributed by atoms with E-state index >= 15 is 0 Å². The summed E-state index contributed by atoms with van der Waals surface area (Å²) in [6, 6.07) is 1.92. The van der Waals surface area contributed by atoms with E-state index in [4.69, 9.17) is 5.11 Å². The van der Waals surface area contributed by atoms with E-state index in [0.29, 0.717) is 13.0 Å². The molecule has 0 aliphatic rings. The lowest BCUT2D eigenvalue weighted by Crippen LogP contribution is -2.25. The number of carbonyl (C=O) groups excluding carboxylic acids is 1. The molecule has 0 saturated heterocycles. The zero-order chi connectivity index (χ0) is 15.0. The number of amides is 1. The minimum atomic E-state index is -0.957. The quantitative estimate of drug-likeness (QED) is 0.591. The molecular weight excluding hydrogens is 274 g/mol. The maximum absolute atomic E-state index is 11.9. The Kier molecular flexibility index (Phi) is 7.01. The van der Waals surface area contributed by atoms with Gasteiger partial charge >= 0.3 is 5.97 Å². The van der Waals surface area contributed by atoms with Crippen molar-refractivity contribution in [3.8, 4) is 0 Å². The monoisotopic (exact) mass is 295 g/mol. The van der Waals surface area contributed by atoms with E-state index in [2.05, 4.69) is 6.92 Å². The van der Waals surface area contributed by atoms with E-state index in [1.165, 1.54) is 11.3 Å². The molecule has 1 aromatic rings. The Morgan fingerprint density at radius 1 is 1.40 bits per heavy atom. The van der Waals surface area contributed by atoms with Crippen LogP contribution in [0.2, 0.25) is 0 Å². The van der Waals surface area contributed by atoms with Gasteiger partial charge in [-0.3, -0.25) is 4.79 Å². The van der Waals surface area contributed by atoms with Crippen LogP contribution in [0.4, 0.5) is 0 Å². The number of rotatable bonds is 8. The molecule has 5 heteroatoms. The van der Waals surface area contributed by atoms with E-state index < -0.39 is 5.97 Å². The van der Waals surface area contributed by atoms with Crippen molar-refractivity contribution in [2.45, 2.75) is 39.2 Å². The van der Waals surface area contributed by atoms with E-state index in [9.17, 15) is 9.59 Å². The van der Waals surface area contributed by atoms with Crippen molar-refractivity contribution < 1.29 is 14.7 Å². The van der Waals surface area contributed by atoms with E-state index in [1.807, 2.05) is 11.4 Å². The largest absolute Gasteiger partial charge is 0.478 e. The number of carboxylic acid groups (broad SMARTS) is 1. The molecule has 1 amide bonds. The van der Waals surface area contributed by atoms with Gasteiger partial charge in [-0.05, 0) is 29.5 Å². The Bertz CT molecular complexity index is 479. The summed E-state index contributed by atoms with van der Waals surface area (Å²) in [6.07, 6.45) is 6.42. The Morgan fingerprint density at radius 2 is 2.15 bits per heavy atom. The molecule has 0 bridgehead atoms. The van der Waals surface area contributed by atoms with Crippen molar-refractivity contribution in [2.75, 3.05) is 7.05 Å². The number of carboxylic acids is 1. The highest BCUT2D eigenvalue weighted by atomic mass is 32.1. The van der Waals surface area contributed by atoms with Gasteiger partial charge < -0.3 is 10.0 Å². The standard InChI is InChI=1S/C15H21NO3S/c1-3-4-5-6-14(17)16(2)10-13-9-12(11-20-13)7-8-15(18)19/h7-9,11H,3-6,10H2,1-2H3,(H,18,19). The summed E-state index contributed by atoms with van der Waals surface area (Å²) >= 11 is 1.54. The zero-order valence-electron chi connectivity index (χ0n) is 12.0. The summed E-state index contributed by atoms with van der Waals surface area (Å²) in [5.74, 6) is -0.796. The van der Waals surface area contributed by atoms with Gasteiger partial charge in [-0.25, -0.2) is 4.79 Å². The second-order valence-corrected chi connectivity index (χ2v) is 5.72. The molecule has 0 unspecified atom stereocenters. The molecule has 1 aromatic heterocycles. The first-order valence-electron chi connectivity index (χ1n) is 6.75. The average molecular weight is 295 g/mol. The molecule has 0 aliphatic carbocycles. The second-order valence-electron chi connectivity index (χ2n) is 4.72. The number of hydrogen-bond acceptors (Lipinski definition) is 3. The molecule has 1 rings (SSSR count). The first-order valence-corrected chi connectivity index (χ1v) is 7.63. The minimum Gasteiger partial charge on any atom is -0.478 e. The van der Waals surface area contributed by atoms with Crippen molar-refractivity contribution in [3.63, 3.8) is 0 Å². The van der Waals surface area contributed by atoms with Crippen LogP contribution in [0.25, 0.3) is 6.08 Å². The number of unbranched alkanes of at least 4 members (excludes halogenated alkanes) is 2. The lowest BCUT2D eigenvalue weighted by molar-refractivity contribution is -0.131. The molecule has 1 N–H and O–H groups in total. The van der Waals surface area contributed by atoms with E-state index in [0.717, 1.165) is 35.8 Å². The van der Waals surface area contributed by atoms with Crippen LogP contribution >= 0.6 is 11.3 Å². The van der Waals surface area contributed by atoms with Crippen LogP contribution in [0.15, 0.2) is 17.5 Å². The lowest BCUT2D eigenvalue weighted by atomic mass is 10.2.